The fraction of sp³-hybridized carbons (Fsp3) is 0.526. The number of aryl methyl sites for hydroxylation is 2. The fourth-order valence-electron chi connectivity index (χ4n) is 3.39. The molecule has 0 unspecified atom stereocenters. The van der Waals surface area contributed by atoms with E-state index in [2.05, 4.69) is 67.5 Å². The summed E-state index contributed by atoms with van der Waals surface area (Å²) >= 11 is 0. The molecule has 0 saturated carbocycles. The molecule has 0 amide bonds. The van der Waals surface area contributed by atoms with E-state index >= 15 is 0 Å². The van der Waals surface area contributed by atoms with Crippen LogP contribution in [0, 0.1) is 0 Å². The Balaban J connectivity index is 0.00000261. The van der Waals surface area contributed by atoms with E-state index in [0.29, 0.717) is 0 Å². The summed E-state index contributed by atoms with van der Waals surface area (Å²) in [6.45, 7) is 5.60. The molecule has 0 atom stereocenters. The first-order chi connectivity index (χ1) is 12.7. The third-order valence-electron chi connectivity index (χ3n) is 4.84. The predicted molar refractivity (Wildman–Crippen MR) is 121 cm³/mol. The molecule has 0 spiro atoms. The molecule has 0 bridgehead atoms. The monoisotopic (exact) mass is 483 g/mol. The third-order valence-corrected chi connectivity index (χ3v) is 4.84. The van der Waals surface area contributed by atoms with Crippen molar-refractivity contribution in [3.8, 4) is 0 Å². The summed E-state index contributed by atoms with van der Waals surface area (Å²) in [5.41, 5.74) is 4.10. The standard InChI is InChI=1S/C19H29N7.HI/c1-4-18-24-23-14-26(18)11-9-21-19(20-2)22-13-15-7-8-17-16(12-15)6-5-10-25(17)3;/h7-8,12,14H,4-6,9-11,13H2,1-3H3,(H2,20,21,22);1H. The van der Waals surface area contributed by atoms with E-state index in [4.69, 9.17) is 0 Å². The molecule has 2 heterocycles. The van der Waals surface area contributed by atoms with Crippen molar-refractivity contribution in [1.29, 1.82) is 0 Å². The second kappa shape index (κ2) is 10.5. The van der Waals surface area contributed by atoms with Crippen LogP contribution in [-0.4, -0.2) is 47.9 Å². The number of nitrogens with one attached hydrogen (secondary N) is 2. The van der Waals surface area contributed by atoms with Crippen LogP contribution >= 0.6 is 24.0 Å². The third kappa shape index (κ3) is 5.57. The number of aliphatic imine (C=N–C) groups is 1. The highest BCUT2D eigenvalue weighted by atomic mass is 127. The van der Waals surface area contributed by atoms with Crippen molar-refractivity contribution in [2.45, 2.75) is 39.3 Å². The normalized spacial score (nSPS) is 13.7. The number of fused-ring (bicyclic) bond motifs is 1. The Morgan fingerprint density at radius 2 is 2.15 bits per heavy atom. The molecule has 0 radical (unpaired) electrons. The van der Waals surface area contributed by atoms with E-state index < -0.39 is 0 Å². The van der Waals surface area contributed by atoms with E-state index in [9.17, 15) is 0 Å². The Kier molecular flexibility index (Phi) is 8.33. The Labute approximate surface area is 178 Å². The number of aromatic nitrogens is 3. The van der Waals surface area contributed by atoms with Crippen molar-refractivity contribution in [2.75, 3.05) is 32.1 Å². The molecule has 1 aromatic carbocycles. The van der Waals surface area contributed by atoms with Crippen molar-refractivity contribution in [3.63, 3.8) is 0 Å². The summed E-state index contributed by atoms with van der Waals surface area (Å²) in [6.07, 6.45) is 5.06. The zero-order valence-electron chi connectivity index (χ0n) is 16.4. The lowest BCUT2D eigenvalue weighted by Gasteiger charge is -2.28. The van der Waals surface area contributed by atoms with Crippen LogP contribution in [0.1, 0.15) is 30.3 Å². The van der Waals surface area contributed by atoms with Crippen LogP contribution < -0.4 is 15.5 Å². The summed E-state index contributed by atoms with van der Waals surface area (Å²) in [5, 5.41) is 14.8. The summed E-state index contributed by atoms with van der Waals surface area (Å²) < 4.78 is 2.07. The molecule has 1 aromatic heterocycles. The van der Waals surface area contributed by atoms with E-state index in [-0.39, 0.29) is 24.0 Å². The lowest BCUT2D eigenvalue weighted by Crippen LogP contribution is -2.38. The number of benzene rings is 1. The van der Waals surface area contributed by atoms with Crippen LogP contribution in [0.5, 0.6) is 0 Å². The van der Waals surface area contributed by atoms with Crippen LogP contribution in [0.4, 0.5) is 5.69 Å². The number of nitrogens with zero attached hydrogens (tertiary/aromatic N) is 5. The largest absolute Gasteiger partial charge is 0.374 e. The van der Waals surface area contributed by atoms with Gasteiger partial charge in [-0.2, -0.15) is 0 Å². The topological polar surface area (TPSA) is 70.4 Å². The first-order valence-electron chi connectivity index (χ1n) is 9.35. The molecule has 0 fully saturated rings. The van der Waals surface area contributed by atoms with Crippen molar-refractivity contribution < 1.29 is 0 Å². The molecule has 2 N–H and O–H groups in total. The van der Waals surface area contributed by atoms with Crippen LogP contribution in [0.2, 0.25) is 0 Å². The van der Waals surface area contributed by atoms with Crippen LogP contribution in [0.25, 0.3) is 0 Å². The van der Waals surface area contributed by atoms with Crippen molar-refractivity contribution in [1.82, 2.24) is 25.4 Å². The molecule has 0 saturated heterocycles. The van der Waals surface area contributed by atoms with Gasteiger partial charge in [0.15, 0.2) is 5.96 Å². The molecule has 1 aliphatic rings. The SMILES string of the molecule is CCc1nncn1CCNC(=NC)NCc1ccc2c(c1)CCCN2C.I. The minimum atomic E-state index is 0. The van der Waals surface area contributed by atoms with Crippen LogP contribution in [0.3, 0.4) is 0 Å². The first kappa shape index (κ1) is 21.5. The van der Waals surface area contributed by atoms with Gasteiger partial charge in [-0.3, -0.25) is 4.99 Å². The molecule has 148 valence electrons. The fourth-order valence-corrected chi connectivity index (χ4v) is 3.39. The second-order valence-electron chi connectivity index (χ2n) is 6.63. The van der Waals surface area contributed by atoms with Gasteiger partial charge in [0.2, 0.25) is 0 Å². The molecular formula is C19H30IN7. The summed E-state index contributed by atoms with van der Waals surface area (Å²) in [5.74, 6) is 1.82. The molecule has 2 aromatic rings. The van der Waals surface area contributed by atoms with Crippen LogP contribution in [-0.2, 0) is 25.9 Å². The number of rotatable bonds is 6. The minimum absolute atomic E-state index is 0. The number of hydrogen-bond acceptors (Lipinski definition) is 4. The smallest absolute Gasteiger partial charge is 0.191 e. The van der Waals surface area contributed by atoms with E-state index in [1.54, 1.807) is 13.4 Å². The van der Waals surface area contributed by atoms with Gasteiger partial charge in [0.1, 0.15) is 12.2 Å². The Morgan fingerprint density at radius 1 is 1.30 bits per heavy atom. The van der Waals surface area contributed by atoms with Crippen molar-refractivity contribution in [3.05, 3.63) is 41.5 Å². The zero-order chi connectivity index (χ0) is 18.4. The lowest BCUT2D eigenvalue weighted by atomic mass is 9.99. The van der Waals surface area contributed by atoms with Gasteiger partial charge in [0, 0.05) is 52.4 Å². The molecule has 7 nitrogen and oxygen atoms in total. The van der Waals surface area contributed by atoms with E-state index in [0.717, 1.165) is 44.4 Å². The van der Waals surface area contributed by atoms with Gasteiger partial charge in [-0.05, 0) is 30.0 Å². The maximum atomic E-state index is 4.31. The second-order valence-corrected chi connectivity index (χ2v) is 6.63. The Morgan fingerprint density at radius 3 is 2.93 bits per heavy atom. The highest BCUT2D eigenvalue weighted by Gasteiger charge is 2.13. The molecule has 0 aliphatic carbocycles. The van der Waals surface area contributed by atoms with Gasteiger partial charge >= 0.3 is 0 Å². The van der Waals surface area contributed by atoms with E-state index in [1.807, 2.05) is 0 Å². The average molecular weight is 483 g/mol. The zero-order valence-corrected chi connectivity index (χ0v) is 18.7. The number of anilines is 1. The Hall–Kier alpha value is -1.84. The maximum Gasteiger partial charge on any atom is 0.191 e. The van der Waals surface area contributed by atoms with Crippen LogP contribution in [0.15, 0.2) is 29.5 Å². The quantitative estimate of drug-likeness (QED) is 0.375. The van der Waals surface area contributed by atoms with Gasteiger partial charge in [-0.15, -0.1) is 34.2 Å². The lowest BCUT2D eigenvalue weighted by molar-refractivity contribution is 0.632. The van der Waals surface area contributed by atoms with Gasteiger partial charge < -0.3 is 20.1 Å². The summed E-state index contributed by atoms with van der Waals surface area (Å²) in [7, 11) is 3.97. The molecule has 8 heteroatoms. The number of hydrogen-bond donors (Lipinski definition) is 2. The highest BCUT2D eigenvalue weighted by Crippen LogP contribution is 2.26. The Bertz CT molecular complexity index is 756. The van der Waals surface area contributed by atoms with Gasteiger partial charge in [0.05, 0.1) is 0 Å². The van der Waals surface area contributed by atoms with Gasteiger partial charge in [-0.1, -0.05) is 19.1 Å². The maximum absolute atomic E-state index is 4.31. The number of guanidine groups is 1. The highest BCUT2D eigenvalue weighted by molar-refractivity contribution is 14.0. The molecule has 27 heavy (non-hydrogen) atoms. The molecule has 1 aliphatic heterocycles. The molecule has 3 rings (SSSR count). The average Bonchev–Trinajstić information content (AvgIpc) is 3.12. The first-order valence-corrected chi connectivity index (χ1v) is 9.35. The van der Waals surface area contributed by atoms with Gasteiger partial charge in [0.25, 0.3) is 0 Å². The minimum Gasteiger partial charge on any atom is -0.374 e. The summed E-state index contributed by atoms with van der Waals surface area (Å²) in [6, 6.07) is 6.75. The van der Waals surface area contributed by atoms with Gasteiger partial charge in [-0.25, -0.2) is 0 Å². The van der Waals surface area contributed by atoms with Crippen molar-refractivity contribution in [2.24, 2.45) is 4.99 Å². The summed E-state index contributed by atoms with van der Waals surface area (Å²) in [4.78, 5) is 6.65. The number of halogens is 1. The van der Waals surface area contributed by atoms with Crippen molar-refractivity contribution >= 4 is 35.6 Å². The van der Waals surface area contributed by atoms with E-state index in [1.165, 1.54) is 29.7 Å². The predicted octanol–water partition coefficient (Wildman–Crippen LogP) is 2.21. The molecular weight excluding hydrogens is 453 g/mol.